The van der Waals surface area contributed by atoms with E-state index in [9.17, 15) is 13.9 Å². The van der Waals surface area contributed by atoms with Crippen LogP contribution in [-0.4, -0.2) is 81.5 Å². The first kappa shape index (κ1) is 27.4. The van der Waals surface area contributed by atoms with Gasteiger partial charge in [-0.2, -0.15) is 9.97 Å². The predicted octanol–water partition coefficient (Wildman–Crippen LogP) is 4.71. The van der Waals surface area contributed by atoms with Crippen LogP contribution >= 0.6 is 0 Å². The van der Waals surface area contributed by atoms with Gasteiger partial charge in [0, 0.05) is 55.3 Å². The van der Waals surface area contributed by atoms with Gasteiger partial charge in [-0.1, -0.05) is 12.0 Å². The molecule has 4 atom stereocenters. The van der Waals surface area contributed by atoms with Gasteiger partial charge in [-0.3, -0.25) is 9.88 Å². The Morgan fingerprint density at radius 2 is 1.95 bits per heavy atom. The molecule has 0 saturated carbocycles. The van der Waals surface area contributed by atoms with Crippen LogP contribution in [-0.2, 0) is 0 Å². The first-order chi connectivity index (χ1) is 21.3. The number of hydrogen-bond acceptors (Lipinski definition) is 8. The third kappa shape index (κ3) is 4.34. The van der Waals surface area contributed by atoms with Crippen molar-refractivity contribution in [3.05, 3.63) is 47.7 Å². The van der Waals surface area contributed by atoms with Crippen molar-refractivity contribution in [1.82, 2.24) is 25.2 Å². The number of pyridine rings is 1. The van der Waals surface area contributed by atoms with E-state index in [4.69, 9.17) is 16.1 Å². The molecule has 0 aliphatic carbocycles. The Bertz CT molecular complexity index is 1850. The molecule has 1 unspecified atom stereocenters. The molecule has 4 aliphatic rings. The van der Waals surface area contributed by atoms with E-state index < -0.39 is 23.3 Å². The van der Waals surface area contributed by atoms with E-state index in [2.05, 4.69) is 31.0 Å². The minimum absolute atomic E-state index is 0.00778. The summed E-state index contributed by atoms with van der Waals surface area (Å²) in [6.07, 6.45) is 10.5. The highest BCUT2D eigenvalue weighted by Crippen LogP contribution is 2.42. The van der Waals surface area contributed by atoms with Crippen molar-refractivity contribution < 1.29 is 23.0 Å². The second-order valence-electron chi connectivity index (χ2n) is 12.6. The number of nitrogens with zero attached hydrogens (tertiary/aromatic N) is 5. The number of benzene rings is 2. The van der Waals surface area contributed by atoms with Crippen LogP contribution in [0.3, 0.4) is 0 Å². The molecular formula is C33H31F3N6O2. The summed E-state index contributed by atoms with van der Waals surface area (Å²) in [6, 6.07) is 6.07. The van der Waals surface area contributed by atoms with E-state index in [0.29, 0.717) is 54.7 Å². The Kier molecular flexibility index (Phi) is 6.36. The number of terminal acetylenes is 1. The van der Waals surface area contributed by atoms with E-state index in [1.54, 1.807) is 0 Å². The normalized spacial score (nSPS) is 26.4. The molecule has 6 heterocycles. The predicted molar refractivity (Wildman–Crippen MR) is 160 cm³/mol. The molecule has 2 N–H and O–H groups in total. The number of halogens is 3. The van der Waals surface area contributed by atoms with Crippen molar-refractivity contribution in [2.75, 3.05) is 37.7 Å². The summed E-state index contributed by atoms with van der Waals surface area (Å²) in [5.74, 6) is 1.35. The summed E-state index contributed by atoms with van der Waals surface area (Å²) in [5.41, 5.74) is -0.468. The number of ether oxygens (including phenoxy) is 1. The minimum atomic E-state index is -0.913. The standard InChI is InChI=1S/C33H31F3N6O2/c1-2-23-26(35)7-4-18-10-22(43)11-24(27(18)23)29-28(36)30-25(13-37-29)31(41-15-20-5-6-21(16-41)38-20)40-32(39-30)44-17-33-8-3-9-42(33)14-19(34)12-33/h1,4,7,10-11,13,19-21,38,43H,3,5-6,8-9,12,14-17H2/t19-,20-,21+,33?/m0/s1. The number of rotatable bonds is 5. The zero-order valence-electron chi connectivity index (χ0n) is 24.0. The fraction of sp³-hybridized carbons (Fsp3) is 0.424. The lowest BCUT2D eigenvalue weighted by atomic mass is 9.95. The van der Waals surface area contributed by atoms with Crippen LogP contribution in [0.5, 0.6) is 11.8 Å². The van der Waals surface area contributed by atoms with E-state index in [1.807, 2.05) is 0 Å². The van der Waals surface area contributed by atoms with Crippen LogP contribution in [0.2, 0.25) is 0 Å². The molecule has 8 rings (SSSR count). The second kappa shape index (κ2) is 10.2. The molecule has 2 bridgehead atoms. The lowest BCUT2D eigenvalue weighted by molar-refractivity contribution is 0.107. The minimum Gasteiger partial charge on any atom is -0.508 e. The number of phenols is 1. The summed E-state index contributed by atoms with van der Waals surface area (Å²) in [5, 5.41) is 15.2. The average Bonchev–Trinajstić information content (AvgIpc) is 3.66. The molecule has 4 aliphatic heterocycles. The first-order valence-electron chi connectivity index (χ1n) is 15.1. The first-order valence-corrected chi connectivity index (χ1v) is 15.1. The van der Waals surface area contributed by atoms with Crippen molar-refractivity contribution in [3.63, 3.8) is 0 Å². The molecule has 44 heavy (non-hydrogen) atoms. The van der Waals surface area contributed by atoms with Crippen LogP contribution in [0.4, 0.5) is 19.0 Å². The van der Waals surface area contributed by atoms with Crippen molar-refractivity contribution in [2.45, 2.75) is 55.9 Å². The highest BCUT2D eigenvalue weighted by molar-refractivity contribution is 6.03. The number of phenolic OH excluding ortho intramolecular Hbond substituents is 1. The maximum atomic E-state index is 16.7. The maximum absolute atomic E-state index is 16.7. The number of anilines is 1. The number of aromatic hydroxyl groups is 1. The molecule has 11 heteroatoms. The van der Waals surface area contributed by atoms with Gasteiger partial charge in [0.1, 0.15) is 41.4 Å². The second-order valence-corrected chi connectivity index (χ2v) is 12.6. The third-order valence-corrected chi connectivity index (χ3v) is 9.84. The van der Waals surface area contributed by atoms with E-state index in [1.165, 1.54) is 30.5 Å². The molecule has 2 aromatic carbocycles. The van der Waals surface area contributed by atoms with Crippen LogP contribution in [0.25, 0.3) is 32.9 Å². The van der Waals surface area contributed by atoms with Crippen LogP contribution in [0.1, 0.15) is 37.7 Å². The number of alkyl halides is 1. The van der Waals surface area contributed by atoms with Crippen molar-refractivity contribution >= 4 is 27.5 Å². The van der Waals surface area contributed by atoms with Gasteiger partial charge in [-0.15, -0.1) is 6.42 Å². The Morgan fingerprint density at radius 1 is 1.14 bits per heavy atom. The summed E-state index contributed by atoms with van der Waals surface area (Å²) in [7, 11) is 0. The highest BCUT2D eigenvalue weighted by Gasteiger charge is 2.49. The molecule has 4 aromatic rings. The van der Waals surface area contributed by atoms with Gasteiger partial charge in [0.25, 0.3) is 0 Å². The van der Waals surface area contributed by atoms with Crippen LogP contribution in [0, 0.1) is 24.0 Å². The average molecular weight is 601 g/mol. The zero-order valence-corrected chi connectivity index (χ0v) is 24.0. The summed E-state index contributed by atoms with van der Waals surface area (Å²) in [4.78, 5) is 18.1. The Morgan fingerprint density at radius 3 is 2.75 bits per heavy atom. The van der Waals surface area contributed by atoms with Crippen LogP contribution < -0.4 is 15.0 Å². The van der Waals surface area contributed by atoms with Gasteiger partial charge < -0.3 is 20.1 Å². The molecular weight excluding hydrogens is 569 g/mol. The van der Waals surface area contributed by atoms with Gasteiger partial charge in [0.15, 0.2) is 5.82 Å². The summed E-state index contributed by atoms with van der Waals surface area (Å²) < 4.78 is 52.2. The van der Waals surface area contributed by atoms with E-state index in [0.717, 1.165) is 32.2 Å². The lowest BCUT2D eigenvalue weighted by Crippen LogP contribution is -2.51. The SMILES string of the molecule is C#Cc1c(F)ccc2cc(O)cc(-c3ncc4c(N5C[C@H]6CC[C@@H](C5)N6)nc(OCC56CCCN5C[C@@H](F)C6)nc4c3F)c12. The topological polar surface area (TPSA) is 86.6 Å². The Labute approximate surface area is 252 Å². The van der Waals surface area contributed by atoms with Crippen molar-refractivity contribution in [1.29, 1.82) is 0 Å². The molecule has 0 radical (unpaired) electrons. The Balaban J connectivity index is 1.28. The summed E-state index contributed by atoms with van der Waals surface area (Å²) >= 11 is 0. The van der Waals surface area contributed by atoms with Gasteiger partial charge in [0.2, 0.25) is 0 Å². The van der Waals surface area contributed by atoms with Crippen LogP contribution in [0.15, 0.2) is 30.5 Å². The monoisotopic (exact) mass is 600 g/mol. The number of fused-ring (bicyclic) bond motifs is 5. The maximum Gasteiger partial charge on any atom is 0.319 e. The molecule has 4 fully saturated rings. The quantitative estimate of drug-likeness (QED) is 0.319. The molecule has 226 valence electrons. The largest absolute Gasteiger partial charge is 0.508 e. The lowest BCUT2D eigenvalue weighted by Gasteiger charge is -2.34. The van der Waals surface area contributed by atoms with Gasteiger partial charge in [-0.25, -0.2) is 13.2 Å². The van der Waals surface area contributed by atoms with Crippen molar-refractivity contribution in [3.8, 4) is 35.4 Å². The highest BCUT2D eigenvalue weighted by atomic mass is 19.1. The number of nitrogens with one attached hydrogen (secondary N) is 1. The number of piperazine rings is 1. The molecule has 0 spiro atoms. The number of aromatic nitrogens is 3. The molecule has 0 amide bonds. The smallest absolute Gasteiger partial charge is 0.319 e. The zero-order chi connectivity index (χ0) is 30.2. The molecule has 8 nitrogen and oxygen atoms in total. The molecule has 4 saturated heterocycles. The van der Waals surface area contributed by atoms with Gasteiger partial charge in [0.05, 0.1) is 16.5 Å². The fourth-order valence-electron chi connectivity index (χ4n) is 7.89. The number of hydrogen-bond donors (Lipinski definition) is 2. The Hall–Kier alpha value is -4.14. The van der Waals surface area contributed by atoms with Gasteiger partial charge >= 0.3 is 6.01 Å². The third-order valence-electron chi connectivity index (χ3n) is 9.84. The van der Waals surface area contributed by atoms with Gasteiger partial charge in [-0.05, 0) is 55.8 Å². The molecule has 2 aromatic heterocycles. The van der Waals surface area contributed by atoms with E-state index in [-0.39, 0.29) is 46.1 Å². The summed E-state index contributed by atoms with van der Waals surface area (Å²) in [6.45, 7) is 2.79. The van der Waals surface area contributed by atoms with E-state index >= 15 is 4.39 Å². The van der Waals surface area contributed by atoms with Crippen molar-refractivity contribution in [2.24, 2.45) is 0 Å². The fourth-order valence-corrected chi connectivity index (χ4v) is 7.89.